The molecule has 0 spiro atoms. The number of hydrogen-bond donors (Lipinski definition) is 1. The summed E-state index contributed by atoms with van der Waals surface area (Å²) in [5.74, 6) is 0. The Morgan fingerprint density at radius 3 is 3.08 bits per heavy atom. The maximum absolute atomic E-state index is 11.7. The molecule has 1 rings (SSSR count). The fraction of sp³-hybridized carbons (Fsp3) is 0.429. The standard InChI is InChI=1S/C7H9ClFN3/c8-7-4-6(5-11-12-7)10-3-1-2-9/h4-5H,1-3H2,(H,10,12). The van der Waals surface area contributed by atoms with Gasteiger partial charge in [0.1, 0.15) is 0 Å². The average molecular weight is 190 g/mol. The molecule has 0 saturated heterocycles. The Hall–Kier alpha value is -0.900. The van der Waals surface area contributed by atoms with Gasteiger partial charge in [0.05, 0.1) is 18.6 Å². The third-order valence-corrected chi connectivity index (χ3v) is 1.45. The smallest absolute Gasteiger partial charge is 0.153 e. The van der Waals surface area contributed by atoms with Gasteiger partial charge in [-0.1, -0.05) is 11.6 Å². The number of anilines is 1. The highest BCUT2D eigenvalue weighted by Crippen LogP contribution is 2.09. The fourth-order valence-corrected chi connectivity index (χ4v) is 0.898. The highest BCUT2D eigenvalue weighted by molar-refractivity contribution is 6.29. The van der Waals surface area contributed by atoms with Crippen LogP contribution in [-0.4, -0.2) is 23.4 Å². The topological polar surface area (TPSA) is 37.8 Å². The minimum atomic E-state index is -0.320. The number of aromatic nitrogens is 2. The first kappa shape index (κ1) is 9.19. The van der Waals surface area contributed by atoms with E-state index < -0.39 is 0 Å². The largest absolute Gasteiger partial charge is 0.384 e. The van der Waals surface area contributed by atoms with Gasteiger partial charge in [0, 0.05) is 12.6 Å². The second-order valence-electron chi connectivity index (χ2n) is 2.24. The van der Waals surface area contributed by atoms with Crippen LogP contribution in [0.2, 0.25) is 5.15 Å². The van der Waals surface area contributed by atoms with Gasteiger partial charge in [0.15, 0.2) is 5.15 Å². The Morgan fingerprint density at radius 1 is 1.58 bits per heavy atom. The maximum atomic E-state index is 11.7. The Labute approximate surface area is 75.0 Å². The summed E-state index contributed by atoms with van der Waals surface area (Å²) < 4.78 is 11.7. The Balaban J connectivity index is 2.41. The summed E-state index contributed by atoms with van der Waals surface area (Å²) in [4.78, 5) is 0. The molecule has 66 valence electrons. The van der Waals surface area contributed by atoms with E-state index in [1.54, 1.807) is 12.3 Å². The van der Waals surface area contributed by atoms with Gasteiger partial charge in [-0.25, -0.2) is 0 Å². The molecule has 0 saturated carbocycles. The summed E-state index contributed by atoms with van der Waals surface area (Å²) in [7, 11) is 0. The van der Waals surface area contributed by atoms with Gasteiger partial charge >= 0.3 is 0 Å². The molecular weight excluding hydrogens is 181 g/mol. The van der Waals surface area contributed by atoms with Crippen LogP contribution in [0.1, 0.15) is 6.42 Å². The van der Waals surface area contributed by atoms with Gasteiger partial charge in [-0.2, -0.15) is 5.10 Å². The van der Waals surface area contributed by atoms with E-state index in [9.17, 15) is 4.39 Å². The molecule has 0 aliphatic heterocycles. The third kappa shape index (κ3) is 3.00. The van der Waals surface area contributed by atoms with Crippen molar-refractivity contribution in [1.29, 1.82) is 0 Å². The van der Waals surface area contributed by atoms with E-state index in [-0.39, 0.29) is 6.67 Å². The van der Waals surface area contributed by atoms with Crippen LogP contribution < -0.4 is 5.32 Å². The number of rotatable bonds is 4. The number of hydrogen-bond acceptors (Lipinski definition) is 3. The van der Waals surface area contributed by atoms with Crippen molar-refractivity contribution >= 4 is 17.3 Å². The molecule has 0 aliphatic rings. The molecule has 0 unspecified atom stereocenters. The second-order valence-corrected chi connectivity index (χ2v) is 2.62. The van der Waals surface area contributed by atoms with Gasteiger partial charge in [0.2, 0.25) is 0 Å². The molecular formula is C7H9ClFN3. The minimum absolute atomic E-state index is 0.320. The monoisotopic (exact) mass is 189 g/mol. The predicted molar refractivity (Wildman–Crippen MR) is 46.1 cm³/mol. The lowest BCUT2D eigenvalue weighted by atomic mass is 10.4. The molecule has 0 aromatic carbocycles. The van der Waals surface area contributed by atoms with Gasteiger partial charge in [0.25, 0.3) is 0 Å². The second kappa shape index (κ2) is 4.87. The van der Waals surface area contributed by atoms with Crippen molar-refractivity contribution in [3.8, 4) is 0 Å². The number of nitrogens with one attached hydrogen (secondary N) is 1. The van der Waals surface area contributed by atoms with Crippen LogP contribution in [0.5, 0.6) is 0 Å². The molecule has 0 radical (unpaired) electrons. The third-order valence-electron chi connectivity index (χ3n) is 1.26. The molecule has 12 heavy (non-hydrogen) atoms. The molecule has 0 fully saturated rings. The summed E-state index contributed by atoms with van der Waals surface area (Å²) in [6.45, 7) is 0.262. The first-order valence-corrected chi connectivity index (χ1v) is 3.99. The Bertz CT molecular complexity index is 244. The Morgan fingerprint density at radius 2 is 2.42 bits per heavy atom. The van der Waals surface area contributed by atoms with Crippen LogP contribution in [0.4, 0.5) is 10.1 Å². The van der Waals surface area contributed by atoms with Crippen LogP contribution in [0.15, 0.2) is 12.3 Å². The summed E-state index contributed by atoms with van der Waals surface area (Å²) in [5.41, 5.74) is 0.767. The summed E-state index contributed by atoms with van der Waals surface area (Å²) in [5, 5.41) is 10.5. The molecule has 0 atom stereocenters. The quantitative estimate of drug-likeness (QED) is 0.736. The molecule has 3 nitrogen and oxygen atoms in total. The van der Waals surface area contributed by atoms with Crippen LogP contribution in [0, 0.1) is 0 Å². The zero-order valence-electron chi connectivity index (χ0n) is 6.43. The molecule has 1 aromatic rings. The molecule has 5 heteroatoms. The van der Waals surface area contributed by atoms with Gasteiger partial charge in [-0.05, 0) is 6.42 Å². The first-order valence-electron chi connectivity index (χ1n) is 3.61. The molecule has 0 bridgehead atoms. The highest BCUT2D eigenvalue weighted by Gasteiger charge is 1.93. The summed E-state index contributed by atoms with van der Waals surface area (Å²) in [6, 6.07) is 1.65. The summed E-state index contributed by atoms with van der Waals surface area (Å²) in [6.07, 6.45) is 2.03. The number of alkyl halides is 1. The highest BCUT2D eigenvalue weighted by atomic mass is 35.5. The van der Waals surface area contributed by atoms with E-state index in [1.807, 2.05) is 0 Å². The molecule has 0 aliphatic carbocycles. The van der Waals surface area contributed by atoms with Crippen molar-refractivity contribution in [2.75, 3.05) is 18.5 Å². The van der Waals surface area contributed by atoms with Gasteiger partial charge < -0.3 is 5.32 Å². The van der Waals surface area contributed by atoms with E-state index in [4.69, 9.17) is 11.6 Å². The van der Waals surface area contributed by atoms with Crippen molar-refractivity contribution in [3.05, 3.63) is 17.4 Å². The van der Waals surface area contributed by atoms with Crippen LogP contribution in [0.3, 0.4) is 0 Å². The van der Waals surface area contributed by atoms with E-state index in [1.165, 1.54) is 0 Å². The minimum Gasteiger partial charge on any atom is -0.384 e. The van der Waals surface area contributed by atoms with Crippen molar-refractivity contribution < 1.29 is 4.39 Å². The van der Waals surface area contributed by atoms with E-state index in [2.05, 4.69) is 15.5 Å². The maximum Gasteiger partial charge on any atom is 0.153 e. The van der Waals surface area contributed by atoms with E-state index >= 15 is 0 Å². The van der Waals surface area contributed by atoms with Crippen molar-refractivity contribution in [3.63, 3.8) is 0 Å². The van der Waals surface area contributed by atoms with E-state index in [0.29, 0.717) is 18.1 Å². The SMILES string of the molecule is FCCCNc1cnnc(Cl)c1. The van der Waals surface area contributed by atoms with Crippen molar-refractivity contribution in [2.24, 2.45) is 0 Å². The number of nitrogens with zero attached hydrogens (tertiary/aromatic N) is 2. The zero-order valence-corrected chi connectivity index (χ0v) is 7.18. The fourth-order valence-electron chi connectivity index (χ4n) is 0.737. The predicted octanol–water partition coefficient (Wildman–Crippen LogP) is 1.90. The molecule has 0 amide bonds. The van der Waals surface area contributed by atoms with Crippen LogP contribution in [0.25, 0.3) is 0 Å². The van der Waals surface area contributed by atoms with Gasteiger partial charge in [-0.3, -0.25) is 4.39 Å². The number of halogens is 2. The van der Waals surface area contributed by atoms with Crippen LogP contribution in [-0.2, 0) is 0 Å². The molecule has 1 aromatic heterocycles. The van der Waals surface area contributed by atoms with Crippen molar-refractivity contribution in [2.45, 2.75) is 6.42 Å². The normalized spacial score (nSPS) is 9.83. The molecule has 1 heterocycles. The van der Waals surface area contributed by atoms with Gasteiger partial charge in [-0.15, -0.1) is 5.10 Å². The lowest BCUT2D eigenvalue weighted by molar-refractivity contribution is 0.481. The van der Waals surface area contributed by atoms with Crippen LogP contribution >= 0.6 is 11.6 Å². The zero-order chi connectivity index (χ0) is 8.81. The molecule has 1 N–H and O–H groups in total. The lowest BCUT2D eigenvalue weighted by Crippen LogP contribution is -2.02. The summed E-state index contributed by atoms with van der Waals surface area (Å²) >= 11 is 5.57. The Kier molecular flexibility index (Phi) is 3.73. The first-order chi connectivity index (χ1) is 5.83. The average Bonchev–Trinajstić information content (AvgIpc) is 2.05. The van der Waals surface area contributed by atoms with E-state index in [0.717, 1.165) is 5.69 Å². The lowest BCUT2D eigenvalue weighted by Gasteiger charge is -2.02. The van der Waals surface area contributed by atoms with Crippen molar-refractivity contribution in [1.82, 2.24) is 10.2 Å².